The minimum atomic E-state index is -3.86. The molecule has 0 aromatic heterocycles. The molecule has 34 heavy (non-hydrogen) atoms. The van der Waals surface area contributed by atoms with Crippen LogP contribution in [0.25, 0.3) is 0 Å². The molecule has 0 heterocycles. The Morgan fingerprint density at radius 2 is 1.59 bits per heavy atom. The van der Waals surface area contributed by atoms with Crippen molar-refractivity contribution in [1.29, 1.82) is 0 Å². The maximum Gasteiger partial charge on any atom is 0.244 e. The molecule has 0 saturated carbocycles. The van der Waals surface area contributed by atoms with Gasteiger partial charge in [-0.15, -0.1) is 0 Å². The van der Waals surface area contributed by atoms with Crippen molar-refractivity contribution in [2.75, 3.05) is 17.1 Å². The van der Waals surface area contributed by atoms with E-state index in [2.05, 4.69) is 5.32 Å². The molecule has 0 aliphatic carbocycles. The van der Waals surface area contributed by atoms with Gasteiger partial charge in [0.2, 0.25) is 21.8 Å². The molecule has 2 atom stereocenters. The van der Waals surface area contributed by atoms with Crippen LogP contribution in [-0.4, -0.2) is 50.0 Å². The fraction of sp³-hybridized carbons (Fsp3) is 0.417. The quantitative estimate of drug-likeness (QED) is 0.466. The van der Waals surface area contributed by atoms with Gasteiger partial charge in [-0.05, 0) is 43.5 Å². The molecule has 0 fully saturated rings. The van der Waals surface area contributed by atoms with Crippen LogP contribution < -0.4 is 9.62 Å². The maximum absolute atomic E-state index is 13.6. The smallest absolute Gasteiger partial charge is 0.244 e. The summed E-state index contributed by atoms with van der Waals surface area (Å²) in [4.78, 5) is 28.1. The van der Waals surface area contributed by atoms with Crippen molar-refractivity contribution in [3.05, 3.63) is 64.1 Å². The third-order valence-corrected chi connectivity index (χ3v) is 6.97. The Morgan fingerprint density at radius 3 is 2.09 bits per heavy atom. The number of rotatable bonds is 11. The second kappa shape index (κ2) is 12.4. The number of hydrogen-bond donors (Lipinski definition) is 1. The molecule has 0 bridgehead atoms. The minimum absolute atomic E-state index is 0.0589. The number of carbonyl (C=O) groups is 2. The fourth-order valence-electron chi connectivity index (χ4n) is 3.44. The molecule has 2 aromatic carbocycles. The van der Waals surface area contributed by atoms with Gasteiger partial charge in [0.15, 0.2) is 0 Å². The highest BCUT2D eigenvalue weighted by Gasteiger charge is 2.32. The Morgan fingerprint density at radius 1 is 1.00 bits per heavy atom. The molecule has 7 nitrogen and oxygen atoms in total. The lowest BCUT2D eigenvalue weighted by Crippen LogP contribution is -2.53. The molecule has 2 aromatic rings. The first kappa shape index (κ1) is 28.0. The van der Waals surface area contributed by atoms with Crippen LogP contribution in [0.1, 0.15) is 39.2 Å². The summed E-state index contributed by atoms with van der Waals surface area (Å²) in [6.45, 7) is 5.31. The minimum Gasteiger partial charge on any atom is -0.352 e. The van der Waals surface area contributed by atoms with Crippen molar-refractivity contribution in [2.24, 2.45) is 0 Å². The van der Waals surface area contributed by atoms with Crippen LogP contribution in [0.4, 0.5) is 5.69 Å². The number of benzene rings is 2. The molecule has 186 valence electrons. The zero-order valence-corrected chi connectivity index (χ0v) is 22.1. The van der Waals surface area contributed by atoms with Gasteiger partial charge in [0.05, 0.1) is 11.9 Å². The monoisotopic (exact) mass is 527 g/mol. The van der Waals surface area contributed by atoms with Gasteiger partial charge in [-0.1, -0.05) is 67.4 Å². The van der Waals surface area contributed by atoms with Gasteiger partial charge in [-0.2, -0.15) is 0 Å². The summed E-state index contributed by atoms with van der Waals surface area (Å²) in [6, 6.07) is 12.7. The van der Waals surface area contributed by atoms with Crippen LogP contribution in [0.15, 0.2) is 48.5 Å². The number of nitrogens with zero attached hydrogens (tertiary/aromatic N) is 2. The van der Waals surface area contributed by atoms with Gasteiger partial charge in [0, 0.05) is 22.6 Å². The summed E-state index contributed by atoms with van der Waals surface area (Å²) < 4.78 is 26.2. The van der Waals surface area contributed by atoms with Crippen LogP contribution in [0.5, 0.6) is 0 Å². The molecule has 2 rings (SSSR count). The second-order valence-corrected chi connectivity index (χ2v) is 10.9. The topological polar surface area (TPSA) is 86.8 Å². The molecular formula is C24H31Cl2N3O4S. The van der Waals surface area contributed by atoms with E-state index in [9.17, 15) is 18.0 Å². The van der Waals surface area contributed by atoms with Crippen molar-refractivity contribution < 1.29 is 18.0 Å². The summed E-state index contributed by atoms with van der Waals surface area (Å²) in [5.41, 5.74) is 0.993. The molecule has 0 spiro atoms. The number of sulfonamides is 1. The van der Waals surface area contributed by atoms with E-state index in [0.717, 1.165) is 22.5 Å². The predicted molar refractivity (Wildman–Crippen MR) is 138 cm³/mol. The van der Waals surface area contributed by atoms with Gasteiger partial charge in [0.25, 0.3) is 0 Å². The first-order valence-electron chi connectivity index (χ1n) is 11.0. The van der Waals surface area contributed by atoms with E-state index in [1.807, 2.05) is 51.1 Å². The molecule has 1 N–H and O–H groups in total. The summed E-state index contributed by atoms with van der Waals surface area (Å²) in [7, 11) is -3.86. The third kappa shape index (κ3) is 7.89. The zero-order valence-electron chi connectivity index (χ0n) is 19.8. The molecule has 0 aliphatic rings. The summed E-state index contributed by atoms with van der Waals surface area (Å²) in [5.74, 6) is -0.797. The molecule has 0 aliphatic heterocycles. The lowest BCUT2D eigenvalue weighted by Gasteiger charge is -2.33. The van der Waals surface area contributed by atoms with Crippen LogP contribution >= 0.6 is 23.2 Å². The summed E-state index contributed by atoms with van der Waals surface area (Å²) >= 11 is 12.1. The van der Waals surface area contributed by atoms with Gasteiger partial charge in [-0.3, -0.25) is 13.9 Å². The Labute approximate surface area is 212 Å². The van der Waals surface area contributed by atoms with Crippen molar-refractivity contribution in [3.63, 3.8) is 0 Å². The van der Waals surface area contributed by atoms with E-state index >= 15 is 0 Å². The average molecular weight is 529 g/mol. The Hall–Kier alpha value is -2.29. The van der Waals surface area contributed by atoms with Gasteiger partial charge >= 0.3 is 0 Å². The van der Waals surface area contributed by atoms with Crippen LogP contribution in [0.2, 0.25) is 10.0 Å². The Balaban J connectivity index is 2.44. The van der Waals surface area contributed by atoms with Gasteiger partial charge < -0.3 is 10.2 Å². The molecule has 10 heteroatoms. The number of halogens is 2. The largest absolute Gasteiger partial charge is 0.352 e. The second-order valence-electron chi connectivity index (χ2n) is 8.15. The van der Waals surface area contributed by atoms with E-state index in [0.29, 0.717) is 6.42 Å². The molecule has 0 unspecified atom stereocenters. The summed E-state index contributed by atoms with van der Waals surface area (Å²) in [5, 5.41) is 3.41. The lowest BCUT2D eigenvalue weighted by molar-refractivity contribution is -0.140. The van der Waals surface area contributed by atoms with E-state index in [-0.39, 0.29) is 34.2 Å². The number of anilines is 1. The van der Waals surface area contributed by atoms with Crippen molar-refractivity contribution in [2.45, 2.75) is 52.2 Å². The van der Waals surface area contributed by atoms with E-state index < -0.39 is 28.5 Å². The SMILES string of the molecule is CC[C@H](C(=O)N[C@@H](C)CC)N(Cc1ccccc1)C(=O)CN(c1cc(Cl)cc(Cl)c1)S(C)(=O)=O. The first-order valence-corrected chi connectivity index (χ1v) is 13.6. The standard InChI is InChI=1S/C24H31Cl2N3O4S/c1-5-17(3)27-24(31)22(6-2)28(15-18-10-8-7-9-11-18)23(30)16-29(34(4,32)33)21-13-19(25)12-20(26)14-21/h7-14,17,22H,5-6,15-16H2,1-4H3,(H,27,31)/t17-,22+/m0/s1. The molecule has 0 radical (unpaired) electrons. The Kier molecular flexibility index (Phi) is 10.2. The van der Waals surface area contributed by atoms with Crippen LogP contribution in [0.3, 0.4) is 0 Å². The first-order chi connectivity index (χ1) is 16.0. The normalized spacial score (nSPS) is 13.1. The fourth-order valence-corrected chi connectivity index (χ4v) is 4.79. The number of carbonyl (C=O) groups excluding carboxylic acids is 2. The zero-order chi connectivity index (χ0) is 25.5. The van der Waals surface area contributed by atoms with Crippen LogP contribution in [0, 0.1) is 0 Å². The molecule has 0 saturated heterocycles. The highest BCUT2D eigenvalue weighted by molar-refractivity contribution is 7.92. The predicted octanol–water partition coefficient (Wildman–Crippen LogP) is 4.48. The number of nitrogens with one attached hydrogen (secondary N) is 1. The summed E-state index contributed by atoms with van der Waals surface area (Å²) in [6.07, 6.45) is 2.11. The molecular weight excluding hydrogens is 497 g/mol. The average Bonchev–Trinajstić information content (AvgIpc) is 2.76. The van der Waals surface area contributed by atoms with E-state index in [1.54, 1.807) is 0 Å². The van der Waals surface area contributed by atoms with Crippen molar-refractivity contribution in [3.8, 4) is 0 Å². The number of amides is 2. The van der Waals surface area contributed by atoms with Gasteiger partial charge in [-0.25, -0.2) is 8.42 Å². The number of hydrogen-bond acceptors (Lipinski definition) is 4. The van der Waals surface area contributed by atoms with Crippen molar-refractivity contribution >= 4 is 50.7 Å². The van der Waals surface area contributed by atoms with Gasteiger partial charge in [0.1, 0.15) is 12.6 Å². The maximum atomic E-state index is 13.6. The highest BCUT2D eigenvalue weighted by Crippen LogP contribution is 2.27. The Bertz CT molecular complexity index is 1080. The van der Waals surface area contributed by atoms with Crippen molar-refractivity contribution in [1.82, 2.24) is 10.2 Å². The van der Waals surface area contributed by atoms with E-state index in [1.165, 1.54) is 23.1 Å². The lowest BCUT2D eigenvalue weighted by atomic mass is 10.1. The van der Waals surface area contributed by atoms with Crippen LogP contribution in [-0.2, 0) is 26.2 Å². The molecule has 2 amide bonds. The van der Waals surface area contributed by atoms with E-state index in [4.69, 9.17) is 23.2 Å². The highest BCUT2D eigenvalue weighted by atomic mass is 35.5. The third-order valence-electron chi connectivity index (χ3n) is 5.40.